The van der Waals surface area contributed by atoms with Crippen LogP contribution in [0.3, 0.4) is 0 Å². The number of nitrogens with zero attached hydrogens (tertiary/aromatic N) is 3. The van der Waals surface area contributed by atoms with Gasteiger partial charge in [0.25, 0.3) is 0 Å². The van der Waals surface area contributed by atoms with Crippen LogP contribution in [0.4, 0.5) is 18.3 Å². The molecule has 0 saturated carbocycles. The van der Waals surface area contributed by atoms with E-state index < -0.39 is 11.9 Å². The summed E-state index contributed by atoms with van der Waals surface area (Å²) < 4.78 is 38.0. The minimum absolute atomic E-state index is 0.0696. The van der Waals surface area contributed by atoms with Crippen molar-refractivity contribution in [2.75, 3.05) is 18.8 Å². The molecular formula is C13H15F3N4S2. The van der Waals surface area contributed by atoms with E-state index in [2.05, 4.69) is 14.9 Å². The molecule has 22 heavy (non-hydrogen) atoms. The van der Waals surface area contributed by atoms with E-state index in [4.69, 9.17) is 5.73 Å². The van der Waals surface area contributed by atoms with E-state index in [-0.39, 0.29) is 5.92 Å². The number of hydrogen-bond donors (Lipinski definition) is 1. The molecule has 1 aliphatic heterocycles. The number of nitrogen functional groups attached to an aromatic ring is 1. The number of hydrogen-bond acceptors (Lipinski definition) is 6. The van der Waals surface area contributed by atoms with Crippen molar-refractivity contribution in [2.24, 2.45) is 0 Å². The first-order valence-electron chi connectivity index (χ1n) is 6.87. The average Bonchev–Trinajstić information content (AvgIpc) is 3.08. The van der Waals surface area contributed by atoms with Gasteiger partial charge >= 0.3 is 6.18 Å². The maximum Gasteiger partial charge on any atom is 0.434 e. The zero-order valence-electron chi connectivity index (χ0n) is 11.6. The molecule has 1 aliphatic rings. The lowest BCUT2D eigenvalue weighted by molar-refractivity contribution is -0.140. The number of alkyl halides is 3. The standard InChI is InChI=1S/C13H15F3N4S2/c14-13(15,16)10-7-21-11(19-10)8-2-1-3-20(5-8)6-9-4-18-12(17)22-9/h4,7-8H,1-3,5-6H2,(H2,17,18). The molecule has 2 aromatic rings. The van der Waals surface area contributed by atoms with E-state index >= 15 is 0 Å². The molecule has 3 heterocycles. The molecule has 2 N–H and O–H groups in total. The molecule has 3 rings (SSSR count). The Morgan fingerprint density at radius 1 is 1.41 bits per heavy atom. The smallest absolute Gasteiger partial charge is 0.375 e. The fourth-order valence-electron chi connectivity index (χ4n) is 2.62. The van der Waals surface area contributed by atoms with Gasteiger partial charge in [0.15, 0.2) is 10.8 Å². The summed E-state index contributed by atoms with van der Waals surface area (Å²) in [4.78, 5) is 11.1. The van der Waals surface area contributed by atoms with Gasteiger partial charge in [-0.05, 0) is 19.4 Å². The second-order valence-corrected chi connectivity index (χ2v) is 7.34. The second-order valence-electron chi connectivity index (χ2n) is 5.31. The number of nitrogens with two attached hydrogens (primary N) is 1. The van der Waals surface area contributed by atoms with Gasteiger partial charge in [0.2, 0.25) is 0 Å². The van der Waals surface area contributed by atoms with Gasteiger partial charge in [-0.15, -0.1) is 22.7 Å². The van der Waals surface area contributed by atoms with Gasteiger partial charge in [-0.2, -0.15) is 13.2 Å². The van der Waals surface area contributed by atoms with Crippen LogP contribution in [0.25, 0.3) is 0 Å². The van der Waals surface area contributed by atoms with E-state index in [9.17, 15) is 13.2 Å². The molecule has 0 radical (unpaired) electrons. The average molecular weight is 348 g/mol. The second kappa shape index (κ2) is 6.13. The lowest BCUT2D eigenvalue weighted by atomic mass is 9.99. The Morgan fingerprint density at radius 3 is 2.86 bits per heavy atom. The van der Waals surface area contributed by atoms with Gasteiger partial charge in [-0.1, -0.05) is 0 Å². The van der Waals surface area contributed by atoms with E-state index in [0.29, 0.717) is 10.1 Å². The quantitative estimate of drug-likeness (QED) is 0.921. The summed E-state index contributed by atoms with van der Waals surface area (Å²) in [5.41, 5.74) is 4.84. The maximum absolute atomic E-state index is 12.7. The summed E-state index contributed by atoms with van der Waals surface area (Å²) in [6.07, 6.45) is -0.760. The van der Waals surface area contributed by atoms with Gasteiger partial charge in [0.1, 0.15) is 0 Å². The van der Waals surface area contributed by atoms with Crippen molar-refractivity contribution in [3.8, 4) is 0 Å². The van der Waals surface area contributed by atoms with Crippen LogP contribution in [-0.2, 0) is 12.7 Å². The van der Waals surface area contributed by atoms with Crippen LogP contribution in [0, 0.1) is 0 Å². The lowest BCUT2D eigenvalue weighted by Gasteiger charge is -2.31. The molecule has 0 spiro atoms. The van der Waals surface area contributed by atoms with E-state index in [1.54, 1.807) is 6.20 Å². The molecule has 0 bridgehead atoms. The fourth-order valence-corrected chi connectivity index (χ4v) is 4.30. The van der Waals surface area contributed by atoms with Gasteiger partial charge in [-0.3, -0.25) is 4.90 Å². The minimum atomic E-state index is -4.36. The SMILES string of the molecule is Nc1ncc(CN2CCCC(c3nc(C(F)(F)F)cs3)C2)s1. The molecular weight excluding hydrogens is 333 g/mol. The molecule has 4 nitrogen and oxygen atoms in total. The Morgan fingerprint density at radius 2 is 2.23 bits per heavy atom. The Bertz CT molecular complexity index is 637. The molecule has 9 heteroatoms. The highest BCUT2D eigenvalue weighted by Gasteiger charge is 2.35. The van der Waals surface area contributed by atoms with Crippen molar-refractivity contribution >= 4 is 27.8 Å². The number of likely N-dealkylation sites (tertiary alicyclic amines) is 1. The molecule has 1 fully saturated rings. The highest BCUT2D eigenvalue weighted by atomic mass is 32.1. The summed E-state index contributed by atoms with van der Waals surface area (Å²) in [7, 11) is 0. The fraction of sp³-hybridized carbons (Fsp3) is 0.538. The third-order valence-electron chi connectivity index (χ3n) is 3.62. The molecule has 1 unspecified atom stereocenters. The van der Waals surface area contributed by atoms with Crippen molar-refractivity contribution < 1.29 is 13.2 Å². The van der Waals surface area contributed by atoms with E-state index in [1.807, 2.05) is 0 Å². The molecule has 2 aromatic heterocycles. The molecule has 120 valence electrons. The third kappa shape index (κ3) is 3.58. The molecule has 0 aromatic carbocycles. The lowest BCUT2D eigenvalue weighted by Crippen LogP contribution is -2.33. The zero-order valence-corrected chi connectivity index (χ0v) is 13.3. The summed E-state index contributed by atoms with van der Waals surface area (Å²) in [6, 6.07) is 0. The topological polar surface area (TPSA) is 55.0 Å². The summed E-state index contributed by atoms with van der Waals surface area (Å²) in [5, 5.41) is 2.23. The third-order valence-corrected chi connectivity index (χ3v) is 5.44. The van der Waals surface area contributed by atoms with Crippen molar-refractivity contribution in [1.82, 2.24) is 14.9 Å². The van der Waals surface area contributed by atoms with Crippen LogP contribution >= 0.6 is 22.7 Å². The number of piperidine rings is 1. The van der Waals surface area contributed by atoms with Crippen LogP contribution in [0.2, 0.25) is 0 Å². The van der Waals surface area contributed by atoms with Gasteiger partial charge in [-0.25, -0.2) is 9.97 Å². The van der Waals surface area contributed by atoms with Gasteiger partial charge < -0.3 is 5.73 Å². The molecule has 0 aliphatic carbocycles. The Kier molecular flexibility index (Phi) is 4.37. The monoisotopic (exact) mass is 348 g/mol. The van der Waals surface area contributed by atoms with Crippen LogP contribution < -0.4 is 5.73 Å². The van der Waals surface area contributed by atoms with Crippen LogP contribution in [0.1, 0.15) is 34.3 Å². The number of halogens is 3. The zero-order chi connectivity index (χ0) is 15.7. The number of aromatic nitrogens is 2. The minimum Gasteiger partial charge on any atom is -0.375 e. The van der Waals surface area contributed by atoms with Crippen LogP contribution in [-0.4, -0.2) is 28.0 Å². The van der Waals surface area contributed by atoms with Crippen molar-refractivity contribution in [3.63, 3.8) is 0 Å². The molecule has 1 saturated heterocycles. The molecule has 0 amide bonds. The summed E-state index contributed by atoms with van der Waals surface area (Å²) in [6.45, 7) is 2.40. The highest BCUT2D eigenvalue weighted by molar-refractivity contribution is 7.15. The maximum atomic E-state index is 12.7. The summed E-state index contributed by atoms with van der Waals surface area (Å²) in [5.74, 6) is 0.0696. The van der Waals surface area contributed by atoms with Gasteiger partial charge in [0.05, 0.1) is 5.01 Å². The molecule has 1 atom stereocenters. The van der Waals surface area contributed by atoms with Gasteiger partial charge in [0, 0.05) is 35.5 Å². The predicted molar refractivity (Wildman–Crippen MR) is 80.9 cm³/mol. The first-order chi connectivity index (χ1) is 10.4. The Hall–Kier alpha value is -1.19. The predicted octanol–water partition coefficient (Wildman–Crippen LogP) is 3.58. The first kappa shape index (κ1) is 15.7. The van der Waals surface area contributed by atoms with Crippen molar-refractivity contribution in [3.05, 3.63) is 27.2 Å². The largest absolute Gasteiger partial charge is 0.434 e. The number of thiazole rings is 2. The van der Waals surface area contributed by atoms with Crippen molar-refractivity contribution in [1.29, 1.82) is 0 Å². The first-order valence-corrected chi connectivity index (χ1v) is 8.56. The van der Waals surface area contributed by atoms with E-state index in [0.717, 1.165) is 54.1 Å². The summed E-state index contributed by atoms with van der Waals surface area (Å²) >= 11 is 2.56. The van der Waals surface area contributed by atoms with Crippen molar-refractivity contribution in [2.45, 2.75) is 31.5 Å². The number of anilines is 1. The van der Waals surface area contributed by atoms with Crippen LogP contribution in [0.5, 0.6) is 0 Å². The van der Waals surface area contributed by atoms with E-state index in [1.165, 1.54) is 11.3 Å². The van der Waals surface area contributed by atoms with Crippen LogP contribution in [0.15, 0.2) is 11.6 Å². The normalized spacial score (nSPS) is 20.4. The Balaban J connectivity index is 1.66. The number of rotatable bonds is 3. The highest BCUT2D eigenvalue weighted by Crippen LogP contribution is 2.35. The Labute approximate surface area is 133 Å².